The number of anilines is 1. The molecule has 0 saturated heterocycles. The Morgan fingerprint density at radius 3 is 2.59 bits per heavy atom. The minimum absolute atomic E-state index is 0.138. The normalized spacial score (nSPS) is 11.6. The van der Waals surface area contributed by atoms with E-state index in [0.717, 1.165) is 25.1 Å². The van der Waals surface area contributed by atoms with Gasteiger partial charge in [0.25, 0.3) is 0 Å². The van der Waals surface area contributed by atoms with Crippen molar-refractivity contribution in [3.05, 3.63) is 29.0 Å². The smallest absolute Gasteiger partial charge is 0.141 e. The molecule has 0 unspecified atom stereocenters. The van der Waals surface area contributed by atoms with Crippen molar-refractivity contribution < 1.29 is 4.39 Å². The first kappa shape index (κ1) is 14.3. The van der Waals surface area contributed by atoms with Gasteiger partial charge in [-0.2, -0.15) is 0 Å². The van der Waals surface area contributed by atoms with E-state index in [-0.39, 0.29) is 16.4 Å². The summed E-state index contributed by atoms with van der Waals surface area (Å²) in [6.45, 7) is 4.91. The highest BCUT2D eigenvalue weighted by Crippen LogP contribution is 2.22. The van der Waals surface area contributed by atoms with Crippen LogP contribution in [0.15, 0.2) is 18.2 Å². The summed E-state index contributed by atoms with van der Waals surface area (Å²) in [6, 6.07) is 4.76. The van der Waals surface area contributed by atoms with Gasteiger partial charge in [-0.05, 0) is 44.9 Å². The highest BCUT2D eigenvalue weighted by Gasteiger charge is 2.11. The summed E-state index contributed by atoms with van der Waals surface area (Å²) in [5, 5.41) is 0.161. The Kier molecular flexibility index (Phi) is 4.78. The third kappa shape index (κ3) is 4.92. The van der Waals surface area contributed by atoms with Gasteiger partial charge in [0, 0.05) is 24.8 Å². The first-order chi connectivity index (χ1) is 7.79. The van der Waals surface area contributed by atoms with E-state index in [1.165, 1.54) is 6.07 Å². The second-order valence-electron chi connectivity index (χ2n) is 5.11. The summed E-state index contributed by atoms with van der Waals surface area (Å²) in [5.74, 6) is -0.382. The molecule has 0 fully saturated rings. The Hall–Kier alpha value is -0.800. The molecule has 0 heterocycles. The molecule has 17 heavy (non-hydrogen) atoms. The maximum Gasteiger partial charge on any atom is 0.141 e. The number of hydrogen-bond donors (Lipinski definition) is 1. The van der Waals surface area contributed by atoms with E-state index in [1.807, 2.05) is 20.9 Å². The topological polar surface area (TPSA) is 29.3 Å². The van der Waals surface area contributed by atoms with Gasteiger partial charge in [-0.25, -0.2) is 4.39 Å². The molecular formula is C13H20ClFN2. The third-order valence-corrected chi connectivity index (χ3v) is 2.95. The molecule has 0 amide bonds. The number of rotatable bonds is 5. The Balaban J connectivity index is 2.52. The standard InChI is InChI=1S/C13H20ClFN2/c1-13(2,16)7-4-8-17(3)10-5-6-12(15)11(14)9-10/h5-6,9H,4,7-8,16H2,1-3H3. The van der Waals surface area contributed by atoms with Crippen molar-refractivity contribution in [2.24, 2.45) is 5.73 Å². The van der Waals surface area contributed by atoms with Gasteiger partial charge in [0.2, 0.25) is 0 Å². The van der Waals surface area contributed by atoms with Gasteiger partial charge in [-0.1, -0.05) is 11.6 Å². The van der Waals surface area contributed by atoms with Crippen molar-refractivity contribution in [3.8, 4) is 0 Å². The van der Waals surface area contributed by atoms with Gasteiger partial charge < -0.3 is 10.6 Å². The van der Waals surface area contributed by atoms with Crippen LogP contribution < -0.4 is 10.6 Å². The van der Waals surface area contributed by atoms with Crippen LogP contribution in [0.3, 0.4) is 0 Å². The maximum absolute atomic E-state index is 13.0. The average molecular weight is 259 g/mol. The molecule has 1 aromatic carbocycles. The predicted octanol–water partition coefficient (Wildman–Crippen LogP) is 3.43. The second kappa shape index (κ2) is 5.69. The van der Waals surface area contributed by atoms with Crippen molar-refractivity contribution in [2.75, 3.05) is 18.5 Å². The maximum atomic E-state index is 13.0. The van der Waals surface area contributed by atoms with Crippen LogP contribution in [-0.2, 0) is 0 Å². The fraction of sp³-hybridized carbons (Fsp3) is 0.538. The van der Waals surface area contributed by atoms with E-state index >= 15 is 0 Å². The SMILES string of the molecule is CN(CCCC(C)(C)N)c1ccc(F)c(Cl)c1. The highest BCUT2D eigenvalue weighted by molar-refractivity contribution is 6.31. The van der Waals surface area contributed by atoms with Crippen LogP contribution in [0.5, 0.6) is 0 Å². The molecule has 2 N–H and O–H groups in total. The number of benzene rings is 1. The molecule has 0 aromatic heterocycles. The molecule has 96 valence electrons. The Morgan fingerprint density at radius 2 is 2.06 bits per heavy atom. The van der Waals surface area contributed by atoms with E-state index in [9.17, 15) is 4.39 Å². The van der Waals surface area contributed by atoms with Crippen LogP contribution in [0.2, 0.25) is 5.02 Å². The zero-order valence-electron chi connectivity index (χ0n) is 10.6. The van der Waals surface area contributed by atoms with Crippen LogP contribution in [-0.4, -0.2) is 19.1 Å². The van der Waals surface area contributed by atoms with E-state index in [2.05, 4.69) is 4.90 Å². The van der Waals surface area contributed by atoms with Gasteiger partial charge in [0.05, 0.1) is 5.02 Å². The molecule has 0 atom stereocenters. The summed E-state index contributed by atoms with van der Waals surface area (Å²) in [5.41, 5.74) is 6.70. The number of nitrogens with zero attached hydrogens (tertiary/aromatic N) is 1. The zero-order chi connectivity index (χ0) is 13.1. The molecule has 0 aliphatic carbocycles. The quantitative estimate of drug-likeness (QED) is 0.877. The van der Waals surface area contributed by atoms with Gasteiger partial charge in [-0.3, -0.25) is 0 Å². The minimum atomic E-state index is -0.382. The molecule has 2 nitrogen and oxygen atoms in total. The molecule has 0 radical (unpaired) electrons. The molecule has 0 bridgehead atoms. The van der Waals surface area contributed by atoms with Crippen LogP contribution in [0.4, 0.5) is 10.1 Å². The van der Waals surface area contributed by atoms with Gasteiger partial charge in [0.15, 0.2) is 0 Å². The van der Waals surface area contributed by atoms with Gasteiger partial charge in [0.1, 0.15) is 5.82 Å². The molecule has 0 saturated carbocycles. The number of hydrogen-bond acceptors (Lipinski definition) is 2. The van der Waals surface area contributed by atoms with Crippen molar-refractivity contribution in [2.45, 2.75) is 32.2 Å². The summed E-state index contributed by atoms with van der Waals surface area (Å²) in [6.07, 6.45) is 1.95. The summed E-state index contributed by atoms with van der Waals surface area (Å²) in [4.78, 5) is 2.05. The number of nitrogens with two attached hydrogens (primary N) is 1. The molecule has 1 aromatic rings. The summed E-state index contributed by atoms with van der Waals surface area (Å²) >= 11 is 5.74. The van der Waals surface area contributed by atoms with Crippen LogP contribution in [0.25, 0.3) is 0 Å². The van der Waals surface area contributed by atoms with Gasteiger partial charge in [-0.15, -0.1) is 0 Å². The van der Waals surface area contributed by atoms with Gasteiger partial charge >= 0.3 is 0 Å². The van der Waals surface area contributed by atoms with Crippen LogP contribution in [0.1, 0.15) is 26.7 Å². The minimum Gasteiger partial charge on any atom is -0.375 e. The lowest BCUT2D eigenvalue weighted by atomic mass is 10.00. The van der Waals surface area contributed by atoms with Crippen LogP contribution in [0, 0.1) is 5.82 Å². The first-order valence-electron chi connectivity index (χ1n) is 5.75. The fourth-order valence-corrected chi connectivity index (χ4v) is 1.80. The molecule has 1 rings (SSSR count). The molecule has 0 aliphatic rings. The van der Waals surface area contributed by atoms with Crippen molar-refractivity contribution >= 4 is 17.3 Å². The molecule has 0 spiro atoms. The fourth-order valence-electron chi connectivity index (χ4n) is 1.62. The molecular weight excluding hydrogens is 239 g/mol. The monoisotopic (exact) mass is 258 g/mol. The lowest BCUT2D eigenvalue weighted by Gasteiger charge is -2.23. The average Bonchev–Trinajstić information content (AvgIpc) is 2.20. The summed E-state index contributed by atoms with van der Waals surface area (Å²) in [7, 11) is 1.97. The largest absolute Gasteiger partial charge is 0.375 e. The van der Waals surface area contributed by atoms with E-state index < -0.39 is 0 Å². The summed E-state index contributed by atoms with van der Waals surface area (Å²) < 4.78 is 13.0. The highest BCUT2D eigenvalue weighted by atomic mass is 35.5. The predicted molar refractivity (Wildman–Crippen MR) is 72.2 cm³/mol. The van der Waals surface area contributed by atoms with Crippen LogP contribution >= 0.6 is 11.6 Å². The van der Waals surface area contributed by atoms with E-state index in [1.54, 1.807) is 12.1 Å². The van der Waals surface area contributed by atoms with Crippen molar-refractivity contribution in [1.29, 1.82) is 0 Å². The Labute approximate surface area is 108 Å². The number of halogens is 2. The Morgan fingerprint density at radius 1 is 1.41 bits per heavy atom. The van der Waals surface area contributed by atoms with E-state index in [4.69, 9.17) is 17.3 Å². The lowest BCUT2D eigenvalue weighted by Crippen LogP contribution is -2.33. The second-order valence-corrected chi connectivity index (χ2v) is 5.52. The van der Waals surface area contributed by atoms with Crippen molar-refractivity contribution in [3.63, 3.8) is 0 Å². The van der Waals surface area contributed by atoms with Crippen molar-refractivity contribution in [1.82, 2.24) is 0 Å². The molecule has 4 heteroatoms. The first-order valence-corrected chi connectivity index (χ1v) is 6.12. The lowest BCUT2D eigenvalue weighted by molar-refractivity contribution is 0.460. The zero-order valence-corrected chi connectivity index (χ0v) is 11.4. The third-order valence-electron chi connectivity index (χ3n) is 2.66. The molecule has 0 aliphatic heterocycles. The van der Waals surface area contributed by atoms with E-state index in [0.29, 0.717) is 0 Å². The Bertz CT molecular complexity index is 374.